The molecule has 2 aromatic carbocycles. The fraction of sp³-hybridized carbons (Fsp3) is 0.333. The van der Waals surface area contributed by atoms with Crippen molar-refractivity contribution in [2.45, 2.75) is 32.6 Å². The van der Waals surface area contributed by atoms with E-state index >= 15 is 0 Å². The SMILES string of the molecule is CCN(c1c(C)cc(C)cc1C)S(=O)(=O)c1ccc(OC)c(F)c1. The summed E-state index contributed by atoms with van der Waals surface area (Å²) >= 11 is 0. The van der Waals surface area contributed by atoms with Gasteiger partial charge in [0.25, 0.3) is 10.0 Å². The molecular weight excluding hydrogens is 329 g/mol. The van der Waals surface area contributed by atoms with Crippen molar-refractivity contribution >= 4 is 15.7 Å². The highest BCUT2D eigenvalue weighted by Crippen LogP contribution is 2.32. The Morgan fingerprint density at radius 2 is 1.67 bits per heavy atom. The Morgan fingerprint density at radius 3 is 2.12 bits per heavy atom. The van der Waals surface area contributed by atoms with Crippen molar-refractivity contribution in [3.63, 3.8) is 0 Å². The number of sulfonamides is 1. The number of aryl methyl sites for hydroxylation is 3. The molecule has 0 heterocycles. The number of nitrogens with zero attached hydrogens (tertiary/aromatic N) is 1. The van der Waals surface area contributed by atoms with E-state index < -0.39 is 15.8 Å². The number of hydrogen-bond acceptors (Lipinski definition) is 3. The van der Waals surface area contributed by atoms with Gasteiger partial charge in [-0.1, -0.05) is 17.7 Å². The average Bonchev–Trinajstić information content (AvgIpc) is 2.50. The van der Waals surface area contributed by atoms with Crippen LogP contribution in [0.25, 0.3) is 0 Å². The van der Waals surface area contributed by atoms with Crippen LogP contribution in [0.15, 0.2) is 35.2 Å². The van der Waals surface area contributed by atoms with E-state index in [0.717, 1.165) is 22.8 Å². The topological polar surface area (TPSA) is 46.6 Å². The number of rotatable bonds is 5. The molecule has 0 fully saturated rings. The van der Waals surface area contributed by atoms with Gasteiger partial charge in [-0.25, -0.2) is 12.8 Å². The van der Waals surface area contributed by atoms with Crippen molar-refractivity contribution in [2.24, 2.45) is 0 Å². The molecule has 2 aromatic rings. The van der Waals surface area contributed by atoms with Gasteiger partial charge in [0.15, 0.2) is 11.6 Å². The molecule has 0 saturated heterocycles. The average molecular weight is 351 g/mol. The Labute approximate surface area is 142 Å². The normalized spacial score (nSPS) is 11.4. The number of halogens is 1. The van der Waals surface area contributed by atoms with Gasteiger partial charge in [-0.2, -0.15) is 0 Å². The molecule has 0 aromatic heterocycles. The van der Waals surface area contributed by atoms with Crippen molar-refractivity contribution in [1.82, 2.24) is 0 Å². The summed E-state index contributed by atoms with van der Waals surface area (Å²) < 4.78 is 46.2. The van der Waals surface area contributed by atoms with Crippen LogP contribution in [0, 0.1) is 26.6 Å². The predicted octanol–water partition coefficient (Wildman–Crippen LogP) is 3.97. The van der Waals surface area contributed by atoms with Crippen LogP contribution in [0.4, 0.5) is 10.1 Å². The molecule has 0 saturated carbocycles. The van der Waals surface area contributed by atoms with E-state index in [0.29, 0.717) is 5.69 Å². The molecule has 0 atom stereocenters. The highest BCUT2D eigenvalue weighted by Gasteiger charge is 2.27. The van der Waals surface area contributed by atoms with E-state index in [1.165, 1.54) is 23.5 Å². The van der Waals surface area contributed by atoms with Crippen molar-refractivity contribution < 1.29 is 17.5 Å². The van der Waals surface area contributed by atoms with Crippen LogP contribution >= 0.6 is 0 Å². The second kappa shape index (κ2) is 6.81. The van der Waals surface area contributed by atoms with Gasteiger partial charge >= 0.3 is 0 Å². The van der Waals surface area contributed by atoms with Crippen molar-refractivity contribution in [1.29, 1.82) is 0 Å². The second-order valence-corrected chi connectivity index (χ2v) is 7.58. The van der Waals surface area contributed by atoms with E-state index in [2.05, 4.69) is 0 Å². The summed E-state index contributed by atoms with van der Waals surface area (Å²) in [6.07, 6.45) is 0. The zero-order chi connectivity index (χ0) is 18.1. The molecule has 0 amide bonds. The summed E-state index contributed by atoms with van der Waals surface area (Å²) in [5.74, 6) is -0.688. The standard InChI is InChI=1S/C18H22FNO3S/c1-6-20(18-13(3)9-12(2)10-14(18)4)24(21,22)15-7-8-17(23-5)16(19)11-15/h7-11H,6H2,1-5H3. The maximum atomic E-state index is 14.0. The molecule has 0 N–H and O–H groups in total. The van der Waals surface area contributed by atoms with E-state index in [1.54, 1.807) is 6.92 Å². The first-order valence-electron chi connectivity index (χ1n) is 7.66. The Bertz CT molecular complexity index is 840. The van der Waals surface area contributed by atoms with Crippen molar-refractivity contribution in [3.05, 3.63) is 52.8 Å². The number of methoxy groups -OCH3 is 1. The number of anilines is 1. The number of benzene rings is 2. The van der Waals surface area contributed by atoms with E-state index in [-0.39, 0.29) is 17.2 Å². The first-order chi connectivity index (χ1) is 11.2. The lowest BCUT2D eigenvalue weighted by Gasteiger charge is -2.27. The third-order valence-corrected chi connectivity index (χ3v) is 5.75. The minimum Gasteiger partial charge on any atom is -0.494 e. The third-order valence-electron chi connectivity index (χ3n) is 3.88. The van der Waals surface area contributed by atoms with Gasteiger partial charge in [-0.05, 0) is 57.0 Å². The molecule has 6 heteroatoms. The lowest BCUT2D eigenvalue weighted by Crippen LogP contribution is -2.32. The van der Waals surface area contributed by atoms with Gasteiger partial charge in [0, 0.05) is 6.54 Å². The van der Waals surface area contributed by atoms with Crippen LogP contribution in [0.2, 0.25) is 0 Å². The van der Waals surface area contributed by atoms with Gasteiger partial charge in [0.2, 0.25) is 0 Å². The third kappa shape index (κ3) is 3.24. The molecular formula is C18H22FNO3S. The van der Waals surface area contributed by atoms with Crippen LogP contribution in [0.3, 0.4) is 0 Å². The van der Waals surface area contributed by atoms with Gasteiger partial charge in [-0.15, -0.1) is 0 Å². The molecule has 24 heavy (non-hydrogen) atoms. The predicted molar refractivity (Wildman–Crippen MR) is 93.8 cm³/mol. The molecule has 0 aliphatic carbocycles. The Hall–Kier alpha value is -2.08. The Balaban J connectivity index is 2.60. The highest BCUT2D eigenvalue weighted by molar-refractivity contribution is 7.92. The Morgan fingerprint density at radius 1 is 1.08 bits per heavy atom. The van der Waals surface area contributed by atoms with Crippen LogP contribution < -0.4 is 9.04 Å². The van der Waals surface area contributed by atoms with Crippen molar-refractivity contribution in [3.8, 4) is 5.75 Å². The zero-order valence-electron chi connectivity index (χ0n) is 14.6. The molecule has 4 nitrogen and oxygen atoms in total. The highest BCUT2D eigenvalue weighted by atomic mass is 32.2. The Kier molecular flexibility index (Phi) is 5.18. The quantitative estimate of drug-likeness (QED) is 0.819. The summed E-state index contributed by atoms with van der Waals surface area (Å²) in [7, 11) is -2.53. The van der Waals surface area contributed by atoms with Gasteiger partial charge in [0.05, 0.1) is 17.7 Å². The molecule has 0 bridgehead atoms. The smallest absolute Gasteiger partial charge is 0.264 e. The lowest BCUT2D eigenvalue weighted by atomic mass is 10.1. The summed E-state index contributed by atoms with van der Waals surface area (Å²) in [6.45, 7) is 7.73. The largest absolute Gasteiger partial charge is 0.494 e. The van der Waals surface area contributed by atoms with Gasteiger partial charge < -0.3 is 4.74 Å². The number of hydrogen-bond donors (Lipinski definition) is 0. The minimum absolute atomic E-state index is 0.0136. The van der Waals surface area contributed by atoms with E-state index in [4.69, 9.17) is 4.74 Å². The maximum Gasteiger partial charge on any atom is 0.264 e. The first kappa shape index (κ1) is 18.3. The van der Waals surface area contributed by atoms with E-state index in [9.17, 15) is 12.8 Å². The maximum absolute atomic E-state index is 14.0. The van der Waals surface area contributed by atoms with Crippen LogP contribution in [-0.2, 0) is 10.0 Å². The summed E-state index contributed by atoms with van der Waals surface area (Å²) in [6, 6.07) is 7.56. The summed E-state index contributed by atoms with van der Waals surface area (Å²) in [5, 5.41) is 0. The molecule has 0 spiro atoms. The molecule has 130 valence electrons. The lowest BCUT2D eigenvalue weighted by molar-refractivity contribution is 0.385. The number of ether oxygens (including phenoxy) is 1. The molecule has 2 rings (SSSR count). The van der Waals surface area contributed by atoms with Crippen LogP contribution in [-0.4, -0.2) is 22.1 Å². The fourth-order valence-electron chi connectivity index (χ4n) is 2.95. The molecule has 0 aliphatic heterocycles. The van der Waals surface area contributed by atoms with E-state index in [1.807, 2.05) is 32.9 Å². The van der Waals surface area contributed by atoms with Gasteiger partial charge in [0.1, 0.15) is 0 Å². The second-order valence-electron chi connectivity index (χ2n) is 5.71. The van der Waals surface area contributed by atoms with Crippen LogP contribution in [0.1, 0.15) is 23.6 Å². The zero-order valence-corrected chi connectivity index (χ0v) is 15.4. The summed E-state index contributed by atoms with van der Waals surface area (Å²) in [5.41, 5.74) is 3.44. The molecule has 0 unspecified atom stereocenters. The molecule has 0 aliphatic rings. The monoisotopic (exact) mass is 351 g/mol. The fourth-order valence-corrected chi connectivity index (χ4v) is 4.56. The minimum atomic E-state index is -3.87. The van der Waals surface area contributed by atoms with Gasteiger partial charge in [-0.3, -0.25) is 4.31 Å². The van der Waals surface area contributed by atoms with Crippen LogP contribution in [0.5, 0.6) is 5.75 Å². The van der Waals surface area contributed by atoms with Crippen molar-refractivity contribution in [2.75, 3.05) is 18.0 Å². The summed E-state index contributed by atoms with van der Waals surface area (Å²) in [4.78, 5) is -0.0953. The first-order valence-corrected chi connectivity index (χ1v) is 9.10. The molecule has 0 radical (unpaired) electrons.